The molecule has 11 nitrogen and oxygen atoms in total. The molecule has 1 unspecified atom stereocenters. The summed E-state index contributed by atoms with van der Waals surface area (Å²) in [6.07, 6.45) is 0.666. The van der Waals surface area contributed by atoms with Crippen molar-refractivity contribution in [2.45, 2.75) is 26.8 Å². The number of hydrogen-bond donors (Lipinski definition) is 3. The number of nitrogens with zero attached hydrogens (tertiary/aromatic N) is 5. The van der Waals surface area contributed by atoms with E-state index in [2.05, 4.69) is 25.7 Å². The van der Waals surface area contributed by atoms with Gasteiger partial charge in [-0.2, -0.15) is 0 Å². The summed E-state index contributed by atoms with van der Waals surface area (Å²) in [5.74, 6) is -0.529. The third-order valence-corrected chi connectivity index (χ3v) is 7.24. The van der Waals surface area contributed by atoms with Crippen LogP contribution >= 0.6 is 23.2 Å². The number of carbonyl (C=O) groups is 3. The number of benzene rings is 1. The zero-order valence-corrected chi connectivity index (χ0v) is 22.3. The van der Waals surface area contributed by atoms with Gasteiger partial charge in [0.2, 0.25) is 5.91 Å². The van der Waals surface area contributed by atoms with Crippen molar-refractivity contribution in [2.75, 3.05) is 25.0 Å². The number of pyridine rings is 1. The highest BCUT2D eigenvalue weighted by Crippen LogP contribution is 2.37. The molecule has 2 aliphatic heterocycles. The number of carbonyl (C=O) groups excluding carboxylic acids is 2. The Morgan fingerprint density at radius 1 is 1.16 bits per heavy atom. The topological polar surface area (TPSA) is 144 Å². The molecule has 3 amide bonds. The van der Waals surface area contributed by atoms with Crippen LogP contribution in [0.15, 0.2) is 35.4 Å². The molecule has 1 radical (unpaired) electrons. The first-order valence-corrected chi connectivity index (χ1v) is 12.5. The minimum absolute atomic E-state index is 0.0341. The molecule has 38 heavy (non-hydrogen) atoms. The number of aromatic amines is 1. The first kappa shape index (κ1) is 25.9. The van der Waals surface area contributed by atoms with Crippen LogP contribution < -0.4 is 5.32 Å². The number of anilines is 1. The summed E-state index contributed by atoms with van der Waals surface area (Å²) in [6.45, 7) is 5.90. The van der Waals surface area contributed by atoms with Crippen molar-refractivity contribution in [3.63, 3.8) is 0 Å². The summed E-state index contributed by atoms with van der Waals surface area (Å²) in [5.41, 5.74) is 3.22. The highest BCUT2D eigenvalue weighted by molar-refractivity contribution is 6.41. The monoisotopic (exact) mass is 556 g/mol. The molecule has 13 heteroatoms. The van der Waals surface area contributed by atoms with Crippen LogP contribution in [0.25, 0.3) is 11.0 Å². The summed E-state index contributed by atoms with van der Waals surface area (Å²) < 4.78 is 0. The first-order chi connectivity index (χ1) is 17.9. The van der Waals surface area contributed by atoms with Crippen LogP contribution in [0.2, 0.25) is 10.2 Å². The molecule has 0 saturated heterocycles. The number of H-pyrrole nitrogens is 1. The van der Waals surface area contributed by atoms with Gasteiger partial charge in [0.05, 0.1) is 28.0 Å². The van der Waals surface area contributed by atoms with Crippen molar-refractivity contribution >= 4 is 57.8 Å². The van der Waals surface area contributed by atoms with Crippen molar-refractivity contribution < 1.29 is 19.5 Å². The molecule has 3 aromatic rings. The van der Waals surface area contributed by atoms with E-state index in [1.165, 1.54) is 11.0 Å². The molecular formula is C25H24Cl2N7O4. The third kappa shape index (κ3) is 4.79. The number of nitrogens with one attached hydrogen (secondary N) is 2. The van der Waals surface area contributed by atoms with Gasteiger partial charge in [-0.3, -0.25) is 14.7 Å². The van der Waals surface area contributed by atoms with Gasteiger partial charge >= 0.3 is 6.09 Å². The number of aromatic nitrogens is 4. The molecule has 1 aromatic carbocycles. The zero-order valence-electron chi connectivity index (χ0n) is 20.7. The molecule has 0 bridgehead atoms. The van der Waals surface area contributed by atoms with Crippen LogP contribution in [-0.4, -0.2) is 78.9 Å². The number of rotatable bonds is 4. The largest absolute Gasteiger partial charge is 0.465 e. The first-order valence-electron chi connectivity index (χ1n) is 11.7. The maximum absolute atomic E-state index is 13.7. The Hall–Kier alpha value is -3.70. The second kappa shape index (κ2) is 9.55. The van der Waals surface area contributed by atoms with Crippen LogP contribution in [0.1, 0.15) is 36.8 Å². The van der Waals surface area contributed by atoms with Gasteiger partial charge in [0.1, 0.15) is 10.7 Å². The predicted octanol–water partition coefficient (Wildman–Crippen LogP) is 4.01. The van der Waals surface area contributed by atoms with Gasteiger partial charge < -0.3 is 20.2 Å². The Kier molecular flexibility index (Phi) is 6.52. The average Bonchev–Trinajstić information content (AvgIpc) is 3.56. The second-order valence-electron chi connectivity index (χ2n) is 10.3. The van der Waals surface area contributed by atoms with Gasteiger partial charge in [0.15, 0.2) is 0 Å². The van der Waals surface area contributed by atoms with Crippen molar-refractivity contribution in [3.05, 3.63) is 63.3 Å². The Morgan fingerprint density at radius 2 is 1.92 bits per heavy atom. The fourth-order valence-electron chi connectivity index (χ4n) is 4.48. The molecule has 0 fully saturated rings. The average molecular weight is 557 g/mol. The lowest BCUT2D eigenvalue weighted by molar-refractivity contribution is -0.123. The van der Waals surface area contributed by atoms with Gasteiger partial charge in [-0.1, -0.05) is 49.2 Å². The number of fused-ring (bicyclic) bond motifs is 1. The summed E-state index contributed by atoms with van der Waals surface area (Å²) in [7, 11) is 0. The molecule has 3 N–H and O–H groups in total. The number of carboxylic acid groups (broad SMARTS) is 1. The number of amides is 3. The van der Waals surface area contributed by atoms with Gasteiger partial charge in [-0.25, -0.2) is 9.78 Å². The minimum Gasteiger partial charge on any atom is -0.465 e. The molecule has 197 valence electrons. The van der Waals surface area contributed by atoms with E-state index in [0.717, 1.165) is 11.1 Å². The van der Waals surface area contributed by atoms with Crippen LogP contribution in [-0.2, 0) is 4.79 Å². The molecule has 1 atom stereocenters. The van der Waals surface area contributed by atoms with Crippen LogP contribution in [0.4, 0.5) is 10.5 Å². The van der Waals surface area contributed by atoms with E-state index in [1.807, 2.05) is 0 Å². The predicted molar refractivity (Wildman–Crippen MR) is 141 cm³/mol. The Bertz CT molecular complexity index is 1510. The lowest BCUT2D eigenvalue weighted by Crippen LogP contribution is -2.42. The number of hydrogen-bond acceptors (Lipinski definition) is 6. The highest BCUT2D eigenvalue weighted by atomic mass is 35.5. The molecule has 2 aromatic heterocycles. The summed E-state index contributed by atoms with van der Waals surface area (Å²) in [6, 6.07) is 5.94. The molecular weight excluding hydrogens is 533 g/mol. The zero-order chi connectivity index (χ0) is 27.4. The van der Waals surface area contributed by atoms with Crippen LogP contribution in [0.5, 0.6) is 0 Å². The van der Waals surface area contributed by atoms with Crippen molar-refractivity contribution in [3.8, 4) is 0 Å². The molecule has 4 heterocycles. The summed E-state index contributed by atoms with van der Waals surface area (Å²) in [5, 5.41) is 23.1. The second-order valence-corrected chi connectivity index (χ2v) is 11.0. The van der Waals surface area contributed by atoms with E-state index >= 15 is 0 Å². The molecule has 0 saturated carbocycles. The maximum Gasteiger partial charge on any atom is 0.407 e. The number of halogens is 2. The van der Waals surface area contributed by atoms with Gasteiger partial charge in [-0.15, -0.1) is 5.10 Å². The minimum atomic E-state index is -1.04. The fourth-order valence-corrected chi connectivity index (χ4v) is 4.78. The smallest absolute Gasteiger partial charge is 0.407 e. The molecule has 0 aliphatic carbocycles. The SMILES string of the molecule is CC(C)(C)C(=O)Nc1cc(Cl)c(Cl)nc1[CH]C1C2=C(CN(C(=O)O)C2)CN1C(=O)c1ccc2[nH]nnc2c1. The summed E-state index contributed by atoms with van der Waals surface area (Å²) >= 11 is 12.5. The lowest BCUT2D eigenvalue weighted by Gasteiger charge is -2.30. The van der Waals surface area contributed by atoms with E-state index in [-0.39, 0.29) is 41.6 Å². The van der Waals surface area contributed by atoms with Crippen LogP contribution in [0.3, 0.4) is 0 Å². The van der Waals surface area contributed by atoms with Gasteiger partial charge in [0, 0.05) is 37.0 Å². The normalized spacial score (nSPS) is 17.3. The Morgan fingerprint density at radius 3 is 2.63 bits per heavy atom. The summed E-state index contributed by atoms with van der Waals surface area (Å²) in [4.78, 5) is 45.5. The fraction of sp³-hybridized carbons (Fsp3) is 0.320. The third-order valence-electron chi connectivity index (χ3n) is 6.56. The van der Waals surface area contributed by atoms with E-state index < -0.39 is 17.6 Å². The van der Waals surface area contributed by atoms with Crippen LogP contribution in [0, 0.1) is 11.8 Å². The van der Waals surface area contributed by atoms with Crippen molar-refractivity contribution in [2.24, 2.45) is 5.41 Å². The van der Waals surface area contributed by atoms with E-state index in [9.17, 15) is 19.5 Å². The molecule has 5 rings (SSSR count). The quantitative estimate of drug-likeness (QED) is 0.325. The Labute approximate surface area is 227 Å². The van der Waals surface area contributed by atoms with E-state index in [0.29, 0.717) is 28.0 Å². The van der Waals surface area contributed by atoms with Crippen molar-refractivity contribution in [1.82, 2.24) is 30.2 Å². The molecule has 2 aliphatic rings. The lowest BCUT2D eigenvalue weighted by atomic mass is 9.95. The van der Waals surface area contributed by atoms with Gasteiger partial charge in [-0.05, 0) is 35.4 Å². The van der Waals surface area contributed by atoms with Gasteiger partial charge in [0.25, 0.3) is 5.91 Å². The standard InChI is InChI=1S/C25H24Cl2N7O4/c1-25(2,3)23(36)29-17-7-15(26)21(27)28-18(17)8-20-14-11-33(24(37)38)9-13(14)10-34(20)22(35)12-4-5-16-19(6-12)31-32-30-16/h4-8,20H,9-11H2,1-3H3,(H,29,36)(H,37,38)(H,30,31,32). The van der Waals surface area contributed by atoms with E-state index in [4.69, 9.17) is 23.2 Å². The molecule has 0 spiro atoms. The highest BCUT2D eigenvalue weighted by Gasteiger charge is 2.42. The Balaban J connectivity index is 1.51. The maximum atomic E-state index is 13.7. The van der Waals surface area contributed by atoms with Crippen molar-refractivity contribution in [1.29, 1.82) is 0 Å². The van der Waals surface area contributed by atoms with E-state index in [1.54, 1.807) is 50.3 Å².